The van der Waals surface area contributed by atoms with Gasteiger partial charge < -0.3 is 15.5 Å². The molecule has 2 rings (SSSR count). The van der Waals surface area contributed by atoms with Crippen molar-refractivity contribution in [3.05, 3.63) is 24.3 Å². The first-order valence-electron chi connectivity index (χ1n) is 7.40. The number of piperidine rings is 1. The maximum Gasteiger partial charge on any atom is 0.246 e. The fourth-order valence-electron chi connectivity index (χ4n) is 2.33. The second-order valence-electron chi connectivity index (χ2n) is 5.76. The van der Waals surface area contributed by atoms with Gasteiger partial charge in [0.2, 0.25) is 11.8 Å². The summed E-state index contributed by atoms with van der Waals surface area (Å²) in [6.45, 7) is 4.23. The van der Waals surface area contributed by atoms with Gasteiger partial charge in [0.1, 0.15) is 6.04 Å². The summed E-state index contributed by atoms with van der Waals surface area (Å²) in [5.41, 5.74) is 1.81. The lowest BCUT2D eigenvalue weighted by Gasteiger charge is -2.25. The number of amides is 2. The number of hydrogen-bond donors (Lipinski definition) is 2. The van der Waals surface area contributed by atoms with E-state index in [4.69, 9.17) is 0 Å². The van der Waals surface area contributed by atoms with Gasteiger partial charge in [-0.25, -0.2) is 0 Å². The second kappa shape index (κ2) is 6.61. The van der Waals surface area contributed by atoms with E-state index in [9.17, 15) is 9.59 Å². The minimum Gasteiger partial charge on any atom is -0.372 e. The van der Waals surface area contributed by atoms with Crippen molar-refractivity contribution < 1.29 is 9.59 Å². The maximum absolute atomic E-state index is 12.2. The molecule has 2 N–H and O–H groups in total. The fourth-order valence-corrected chi connectivity index (χ4v) is 2.33. The van der Waals surface area contributed by atoms with Crippen LogP contribution in [0.3, 0.4) is 0 Å². The molecule has 1 heterocycles. The van der Waals surface area contributed by atoms with E-state index in [2.05, 4.69) is 29.4 Å². The summed E-state index contributed by atoms with van der Waals surface area (Å²) >= 11 is 0. The van der Waals surface area contributed by atoms with Gasteiger partial charge in [-0.2, -0.15) is 0 Å². The third kappa shape index (κ3) is 3.97. The third-order valence-electron chi connectivity index (χ3n) is 3.84. The SMILES string of the molecule is CC(C)N(C)c1cccc(NC(=O)[C@H]2CCCC(=O)N2)c1. The zero-order valence-corrected chi connectivity index (χ0v) is 12.8. The number of carbonyl (C=O) groups excluding carboxylic acids is 2. The Balaban J connectivity index is 2.04. The average Bonchev–Trinajstić information content (AvgIpc) is 2.46. The lowest BCUT2D eigenvalue weighted by molar-refractivity contribution is -0.128. The molecule has 0 spiro atoms. The third-order valence-corrected chi connectivity index (χ3v) is 3.84. The van der Waals surface area contributed by atoms with Gasteiger partial charge in [-0.15, -0.1) is 0 Å². The number of rotatable bonds is 4. The fraction of sp³-hybridized carbons (Fsp3) is 0.500. The lowest BCUT2D eigenvalue weighted by atomic mass is 10.0. The van der Waals surface area contributed by atoms with Gasteiger partial charge in [0.15, 0.2) is 0 Å². The Hall–Kier alpha value is -2.04. The van der Waals surface area contributed by atoms with Crippen LogP contribution in [-0.4, -0.2) is 30.9 Å². The number of benzene rings is 1. The molecule has 0 aliphatic carbocycles. The van der Waals surface area contributed by atoms with Crippen LogP contribution in [0.1, 0.15) is 33.1 Å². The molecule has 1 saturated heterocycles. The van der Waals surface area contributed by atoms with Gasteiger partial charge in [0.05, 0.1) is 0 Å². The minimum atomic E-state index is -0.419. The van der Waals surface area contributed by atoms with E-state index in [1.165, 1.54) is 0 Å². The smallest absolute Gasteiger partial charge is 0.246 e. The predicted octanol–water partition coefficient (Wildman–Crippen LogP) is 2.14. The number of nitrogens with zero attached hydrogens (tertiary/aromatic N) is 1. The standard InChI is InChI=1S/C16H23N3O2/c1-11(2)19(3)13-7-4-6-12(10-13)17-16(21)14-8-5-9-15(20)18-14/h4,6-7,10-11,14H,5,8-9H2,1-3H3,(H,17,21)(H,18,20)/t14-/m1/s1. The van der Waals surface area contributed by atoms with E-state index in [1.807, 2.05) is 31.3 Å². The van der Waals surface area contributed by atoms with Gasteiger partial charge in [0, 0.05) is 30.9 Å². The molecule has 1 fully saturated rings. The molecule has 114 valence electrons. The van der Waals surface area contributed by atoms with E-state index in [-0.39, 0.29) is 11.8 Å². The van der Waals surface area contributed by atoms with Crippen LogP contribution < -0.4 is 15.5 Å². The summed E-state index contributed by atoms with van der Waals surface area (Å²) in [5, 5.41) is 5.62. The Bertz CT molecular complexity index is 528. The maximum atomic E-state index is 12.2. The van der Waals surface area contributed by atoms with E-state index in [0.717, 1.165) is 17.8 Å². The van der Waals surface area contributed by atoms with Gasteiger partial charge in [-0.1, -0.05) is 6.07 Å². The molecule has 1 aliphatic rings. The lowest BCUT2D eigenvalue weighted by Crippen LogP contribution is -2.46. The predicted molar refractivity (Wildman–Crippen MR) is 84.4 cm³/mol. The summed E-state index contributed by atoms with van der Waals surface area (Å²) < 4.78 is 0. The van der Waals surface area contributed by atoms with Crippen molar-refractivity contribution in [1.29, 1.82) is 0 Å². The highest BCUT2D eigenvalue weighted by Gasteiger charge is 2.24. The zero-order valence-electron chi connectivity index (χ0n) is 12.8. The first kappa shape index (κ1) is 15.4. The van der Waals surface area contributed by atoms with Crippen LogP contribution in [-0.2, 0) is 9.59 Å². The van der Waals surface area contributed by atoms with Gasteiger partial charge in [-0.3, -0.25) is 9.59 Å². The number of anilines is 2. The van der Waals surface area contributed by atoms with Gasteiger partial charge in [-0.05, 0) is 44.9 Å². The summed E-state index contributed by atoms with van der Waals surface area (Å²) in [6, 6.07) is 7.70. The molecule has 0 radical (unpaired) electrons. The number of nitrogens with one attached hydrogen (secondary N) is 2. The van der Waals surface area contributed by atoms with E-state index < -0.39 is 6.04 Å². The molecule has 21 heavy (non-hydrogen) atoms. The second-order valence-corrected chi connectivity index (χ2v) is 5.76. The number of hydrogen-bond acceptors (Lipinski definition) is 3. The Morgan fingerprint density at radius 2 is 2.19 bits per heavy atom. The van der Waals surface area contributed by atoms with Crippen LogP contribution in [0.15, 0.2) is 24.3 Å². The van der Waals surface area contributed by atoms with Gasteiger partial charge in [0.25, 0.3) is 0 Å². The summed E-state index contributed by atoms with van der Waals surface area (Å²) in [5.74, 6) is -0.193. The Kier molecular flexibility index (Phi) is 4.83. The highest BCUT2D eigenvalue weighted by Crippen LogP contribution is 2.20. The molecular formula is C16H23N3O2. The monoisotopic (exact) mass is 289 g/mol. The van der Waals surface area contributed by atoms with E-state index >= 15 is 0 Å². The molecule has 1 aromatic carbocycles. The molecule has 0 aromatic heterocycles. The van der Waals surface area contributed by atoms with Crippen LogP contribution in [0.4, 0.5) is 11.4 Å². The van der Waals surface area contributed by atoms with Crippen molar-refractivity contribution in [2.45, 2.75) is 45.2 Å². The molecule has 0 bridgehead atoms. The summed E-state index contributed by atoms with van der Waals surface area (Å²) in [6.07, 6.45) is 1.97. The van der Waals surface area contributed by atoms with Crippen molar-refractivity contribution >= 4 is 23.2 Å². The molecule has 5 heteroatoms. The Morgan fingerprint density at radius 1 is 1.43 bits per heavy atom. The van der Waals surface area contributed by atoms with Crippen LogP contribution >= 0.6 is 0 Å². The van der Waals surface area contributed by atoms with Crippen LogP contribution in [0.2, 0.25) is 0 Å². The number of carbonyl (C=O) groups is 2. The highest BCUT2D eigenvalue weighted by molar-refractivity contribution is 5.98. The quantitative estimate of drug-likeness (QED) is 0.892. The summed E-state index contributed by atoms with van der Waals surface area (Å²) in [4.78, 5) is 25.7. The van der Waals surface area contributed by atoms with Crippen LogP contribution in [0.25, 0.3) is 0 Å². The Morgan fingerprint density at radius 3 is 2.86 bits per heavy atom. The molecule has 5 nitrogen and oxygen atoms in total. The van der Waals surface area contributed by atoms with Crippen molar-refractivity contribution in [1.82, 2.24) is 5.32 Å². The minimum absolute atomic E-state index is 0.0466. The van der Waals surface area contributed by atoms with Gasteiger partial charge >= 0.3 is 0 Å². The molecule has 2 amide bonds. The first-order chi connectivity index (χ1) is 9.97. The molecule has 1 aromatic rings. The molecule has 1 atom stereocenters. The zero-order chi connectivity index (χ0) is 15.4. The van der Waals surface area contributed by atoms with Crippen LogP contribution in [0, 0.1) is 0 Å². The average molecular weight is 289 g/mol. The van der Waals surface area contributed by atoms with E-state index in [1.54, 1.807) is 0 Å². The summed E-state index contributed by atoms with van der Waals surface area (Å²) in [7, 11) is 2.02. The van der Waals surface area contributed by atoms with Crippen molar-refractivity contribution in [3.8, 4) is 0 Å². The van der Waals surface area contributed by atoms with Crippen molar-refractivity contribution in [2.75, 3.05) is 17.3 Å². The molecule has 0 unspecified atom stereocenters. The van der Waals surface area contributed by atoms with Crippen molar-refractivity contribution in [3.63, 3.8) is 0 Å². The van der Waals surface area contributed by atoms with Crippen molar-refractivity contribution in [2.24, 2.45) is 0 Å². The molecule has 1 aliphatic heterocycles. The largest absolute Gasteiger partial charge is 0.372 e. The topological polar surface area (TPSA) is 61.4 Å². The molecular weight excluding hydrogens is 266 g/mol. The van der Waals surface area contributed by atoms with E-state index in [0.29, 0.717) is 18.9 Å². The van der Waals surface area contributed by atoms with Crippen LogP contribution in [0.5, 0.6) is 0 Å². The Labute approximate surface area is 125 Å². The molecule has 0 saturated carbocycles. The normalized spacial score (nSPS) is 18.3. The first-order valence-corrected chi connectivity index (χ1v) is 7.40. The highest BCUT2D eigenvalue weighted by atomic mass is 16.2.